The summed E-state index contributed by atoms with van der Waals surface area (Å²) in [5.74, 6) is 1.53. The Kier molecular flexibility index (Phi) is 6.42. The number of nitrogens with one attached hydrogen (secondary N) is 1. The molecule has 2 aliphatic rings. The van der Waals surface area contributed by atoms with Crippen molar-refractivity contribution >= 4 is 33.6 Å². The number of fused-ring (bicyclic) bond motifs is 1. The number of ether oxygens (including phenoxy) is 2. The molecule has 0 unspecified atom stereocenters. The fraction of sp³-hybridized carbons (Fsp3) is 0.400. The van der Waals surface area contributed by atoms with E-state index in [4.69, 9.17) is 9.47 Å². The van der Waals surface area contributed by atoms with Crippen molar-refractivity contribution in [2.75, 3.05) is 44.8 Å². The van der Waals surface area contributed by atoms with Gasteiger partial charge in [-0.3, -0.25) is 9.69 Å². The van der Waals surface area contributed by atoms with Gasteiger partial charge in [0.1, 0.15) is 5.00 Å². The number of nitrogens with zero attached hydrogens (tertiary/aromatic N) is 2. The molecule has 1 fully saturated rings. The number of hydrogen-bond donors (Lipinski definition) is 1. The highest BCUT2D eigenvalue weighted by atomic mass is 32.1. The van der Waals surface area contributed by atoms with Crippen molar-refractivity contribution in [2.24, 2.45) is 0 Å². The van der Waals surface area contributed by atoms with Gasteiger partial charge in [0.2, 0.25) is 6.79 Å². The summed E-state index contributed by atoms with van der Waals surface area (Å²) in [4.78, 5) is 19.9. The number of amides is 1. The van der Waals surface area contributed by atoms with E-state index in [1.165, 1.54) is 27.3 Å². The SMILES string of the molecule is CCN1CCN([C@@H](c2ccc3c(c2)OCO3)c2c(NC(=O)c3cccs3)sc(C)c2C)CC1. The fourth-order valence-electron chi connectivity index (χ4n) is 4.62. The second-order valence-electron chi connectivity index (χ2n) is 8.44. The van der Waals surface area contributed by atoms with Crippen LogP contribution in [0.25, 0.3) is 0 Å². The quantitative estimate of drug-likeness (QED) is 0.527. The number of thiophene rings is 2. The Labute approximate surface area is 202 Å². The molecular weight excluding hydrogens is 454 g/mol. The van der Waals surface area contributed by atoms with E-state index in [1.54, 1.807) is 11.3 Å². The largest absolute Gasteiger partial charge is 0.454 e. The van der Waals surface area contributed by atoms with Crippen molar-refractivity contribution in [1.29, 1.82) is 0 Å². The third-order valence-corrected chi connectivity index (χ3v) is 8.62. The van der Waals surface area contributed by atoms with E-state index in [-0.39, 0.29) is 18.7 Å². The van der Waals surface area contributed by atoms with Gasteiger partial charge in [0.25, 0.3) is 5.91 Å². The number of aryl methyl sites for hydroxylation is 1. The van der Waals surface area contributed by atoms with Crippen LogP contribution in [-0.4, -0.2) is 55.2 Å². The smallest absolute Gasteiger partial charge is 0.266 e. The standard InChI is InChI=1S/C25H29N3O3S2/c1-4-27-9-11-28(12-10-27)23(18-7-8-19-20(14-18)31-15-30-19)22-16(2)17(3)33-25(22)26-24(29)21-6-5-13-32-21/h5-8,13-14,23H,4,9-12,15H2,1-3H3,(H,26,29)/t23-/m0/s1. The first-order valence-corrected chi connectivity index (χ1v) is 13.1. The first kappa shape index (κ1) is 22.4. The van der Waals surface area contributed by atoms with E-state index in [0.29, 0.717) is 0 Å². The highest BCUT2D eigenvalue weighted by molar-refractivity contribution is 7.17. The van der Waals surface area contributed by atoms with Crippen LogP contribution < -0.4 is 14.8 Å². The van der Waals surface area contributed by atoms with E-state index in [9.17, 15) is 4.79 Å². The number of carbonyl (C=O) groups is 1. The Bertz CT molecular complexity index is 1130. The molecule has 4 heterocycles. The Balaban J connectivity index is 1.56. The molecule has 5 rings (SSSR count). The molecule has 1 atom stereocenters. The van der Waals surface area contributed by atoms with Crippen LogP contribution in [0, 0.1) is 13.8 Å². The van der Waals surface area contributed by atoms with Crippen molar-refractivity contribution in [3.63, 3.8) is 0 Å². The van der Waals surface area contributed by atoms with E-state index >= 15 is 0 Å². The number of likely N-dealkylation sites (N-methyl/N-ethyl adjacent to an activating group) is 1. The summed E-state index contributed by atoms with van der Waals surface area (Å²) in [5, 5.41) is 6.10. The van der Waals surface area contributed by atoms with E-state index < -0.39 is 0 Å². The Hall–Kier alpha value is -2.39. The lowest BCUT2D eigenvalue weighted by atomic mass is 9.94. The minimum absolute atomic E-state index is 0.0297. The van der Waals surface area contributed by atoms with Crippen LogP contribution in [0.1, 0.15) is 44.2 Å². The van der Waals surface area contributed by atoms with Crippen LogP contribution in [0.4, 0.5) is 5.00 Å². The summed E-state index contributed by atoms with van der Waals surface area (Å²) >= 11 is 3.13. The monoisotopic (exact) mass is 483 g/mol. The normalized spacial score (nSPS) is 17.3. The molecule has 1 amide bonds. The van der Waals surface area contributed by atoms with Gasteiger partial charge < -0.3 is 19.7 Å². The van der Waals surface area contributed by atoms with E-state index in [2.05, 4.69) is 48.0 Å². The summed E-state index contributed by atoms with van der Waals surface area (Å²) in [6, 6.07) is 10.1. The Morgan fingerprint density at radius 2 is 1.91 bits per heavy atom. The summed E-state index contributed by atoms with van der Waals surface area (Å²) in [5.41, 5.74) is 3.59. The molecular formula is C25H29N3O3S2. The predicted molar refractivity (Wildman–Crippen MR) is 134 cm³/mol. The van der Waals surface area contributed by atoms with Gasteiger partial charge in [0.05, 0.1) is 10.9 Å². The molecule has 1 aromatic carbocycles. The van der Waals surface area contributed by atoms with Crippen LogP contribution in [0.15, 0.2) is 35.7 Å². The molecule has 174 valence electrons. The molecule has 2 aromatic heterocycles. The predicted octanol–water partition coefficient (Wildman–Crippen LogP) is 5.13. The molecule has 0 saturated carbocycles. The maximum absolute atomic E-state index is 13.0. The van der Waals surface area contributed by atoms with E-state index in [1.807, 2.05) is 23.6 Å². The number of carbonyl (C=O) groups excluding carboxylic acids is 1. The number of benzene rings is 1. The lowest BCUT2D eigenvalue weighted by molar-refractivity contribution is 0.102. The van der Waals surface area contributed by atoms with Crippen molar-refractivity contribution < 1.29 is 14.3 Å². The van der Waals surface area contributed by atoms with Gasteiger partial charge in [-0.25, -0.2) is 0 Å². The summed E-state index contributed by atoms with van der Waals surface area (Å²) < 4.78 is 11.3. The molecule has 3 aromatic rings. The van der Waals surface area contributed by atoms with Gasteiger partial charge in [-0.05, 0) is 55.1 Å². The second kappa shape index (κ2) is 9.46. The van der Waals surface area contributed by atoms with Gasteiger partial charge >= 0.3 is 0 Å². The first-order valence-electron chi connectivity index (χ1n) is 11.4. The average Bonchev–Trinajstić information content (AvgIpc) is 3.58. The summed E-state index contributed by atoms with van der Waals surface area (Å²) in [6.07, 6.45) is 0. The molecule has 0 bridgehead atoms. The maximum atomic E-state index is 13.0. The molecule has 33 heavy (non-hydrogen) atoms. The van der Waals surface area contributed by atoms with Crippen LogP contribution in [-0.2, 0) is 0 Å². The molecule has 1 N–H and O–H groups in total. The highest BCUT2D eigenvalue weighted by Gasteiger charge is 2.32. The minimum atomic E-state index is -0.0484. The van der Waals surface area contributed by atoms with Crippen molar-refractivity contribution in [3.8, 4) is 11.5 Å². The average molecular weight is 484 g/mol. The molecule has 0 aliphatic carbocycles. The Morgan fingerprint density at radius 1 is 1.12 bits per heavy atom. The zero-order valence-corrected chi connectivity index (χ0v) is 20.9. The molecule has 0 spiro atoms. The van der Waals surface area contributed by atoms with E-state index in [0.717, 1.165) is 59.7 Å². The lowest BCUT2D eigenvalue weighted by Gasteiger charge is -2.39. The molecule has 1 saturated heterocycles. The minimum Gasteiger partial charge on any atom is -0.454 e. The summed E-state index contributed by atoms with van der Waals surface area (Å²) in [6.45, 7) is 11.9. The van der Waals surface area contributed by atoms with Crippen LogP contribution in [0.3, 0.4) is 0 Å². The zero-order valence-electron chi connectivity index (χ0n) is 19.2. The number of hydrogen-bond acceptors (Lipinski definition) is 7. The van der Waals surface area contributed by atoms with Gasteiger partial charge in [0.15, 0.2) is 11.5 Å². The zero-order chi connectivity index (χ0) is 22.9. The molecule has 2 aliphatic heterocycles. The molecule has 8 heteroatoms. The van der Waals surface area contributed by atoms with Gasteiger partial charge in [-0.2, -0.15) is 0 Å². The van der Waals surface area contributed by atoms with Crippen LogP contribution in [0.2, 0.25) is 0 Å². The van der Waals surface area contributed by atoms with Crippen molar-refractivity contribution in [2.45, 2.75) is 26.8 Å². The fourth-order valence-corrected chi connectivity index (χ4v) is 6.33. The maximum Gasteiger partial charge on any atom is 0.266 e. The number of piperazine rings is 1. The van der Waals surface area contributed by atoms with Crippen LogP contribution in [0.5, 0.6) is 11.5 Å². The van der Waals surface area contributed by atoms with Gasteiger partial charge in [-0.15, -0.1) is 22.7 Å². The topological polar surface area (TPSA) is 54.0 Å². The Morgan fingerprint density at radius 3 is 2.64 bits per heavy atom. The lowest BCUT2D eigenvalue weighted by Crippen LogP contribution is -2.47. The molecule has 0 radical (unpaired) electrons. The summed E-state index contributed by atoms with van der Waals surface area (Å²) in [7, 11) is 0. The van der Waals surface area contributed by atoms with Crippen molar-refractivity contribution in [3.05, 3.63) is 62.2 Å². The third kappa shape index (κ3) is 4.40. The van der Waals surface area contributed by atoms with Crippen molar-refractivity contribution in [1.82, 2.24) is 9.80 Å². The molecule has 6 nitrogen and oxygen atoms in total. The third-order valence-electron chi connectivity index (χ3n) is 6.61. The number of rotatable bonds is 6. The van der Waals surface area contributed by atoms with Gasteiger partial charge in [-0.1, -0.05) is 19.1 Å². The van der Waals surface area contributed by atoms with Gasteiger partial charge in [0, 0.05) is 36.6 Å². The first-order chi connectivity index (χ1) is 16.0. The second-order valence-corrected chi connectivity index (χ2v) is 10.6. The van der Waals surface area contributed by atoms with Crippen LogP contribution >= 0.6 is 22.7 Å². The highest BCUT2D eigenvalue weighted by Crippen LogP contribution is 2.45. The number of anilines is 1.